The van der Waals surface area contributed by atoms with Gasteiger partial charge in [-0.25, -0.2) is 0 Å². The van der Waals surface area contributed by atoms with Crippen LogP contribution in [0.15, 0.2) is 18.2 Å². The third kappa shape index (κ3) is 4.77. The molecule has 0 saturated heterocycles. The van der Waals surface area contributed by atoms with Crippen LogP contribution in [0.3, 0.4) is 0 Å². The van der Waals surface area contributed by atoms with Gasteiger partial charge < -0.3 is 5.11 Å². The van der Waals surface area contributed by atoms with Gasteiger partial charge in [-0.2, -0.15) is 5.10 Å². The molecule has 4 nitrogen and oxygen atoms in total. The molecule has 0 spiro atoms. The molecule has 0 aliphatic rings. The van der Waals surface area contributed by atoms with Crippen molar-refractivity contribution in [2.75, 3.05) is 0 Å². The average Bonchev–Trinajstić information content (AvgIpc) is 2.87. The minimum atomic E-state index is -0.777. The molecule has 136 valence electrons. The van der Waals surface area contributed by atoms with Crippen LogP contribution < -0.4 is 0 Å². The summed E-state index contributed by atoms with van der Waals surface area (Å²) in [7, 11) is 0. The standard InChI is InChI=1S/C19H24Cl2N2O2/c1-4-13(19(24)25)11-23-18(6-3)16(17(5-2)22-23)9-12-7-14(20)10-15(21)8-12/h7-8,10,13H,4-6,9,11H2,1-3H3,(H,24,25). The van der Waals surface area contributed by atoms with Crippen molar-refractivity contribution in [3.63, 3.8) is 0 Å². The number of aromatic nitrogens is 2. The number of nitrogens with zero attached hydrogens (tertiary/aromatic N) is 2. The molecule has 0 amide bonds. The zero-order valence-corrected chi connectivity index (χ0v) is 16.4. The zero-order chi connectivity index (χ0) is 18.6. The van der Waals surface area contributed by atoms with Crippen LogP contribution in [0.25, 0.3) is 0 Å². The smallest absolute Gasteiger partial charge is 0.308 e. The van der Waals surface area contributed by atoms with Gasteiger partial charge in [0, 0.05) is 27.7 Å². The summed E-state index contributed by atoms with van der Waals surface area (Å²) < 4.78 is 1.88. The van der Waals surface area contributed by atoms with Gasteiger partial charge >= 0.3 is 5.97 Å². The monoisotopic (exact) mass is 382 g/mol. The van der Waals surface area contributed by atoms with E-state index in [2.05, 4.69) is 13.8 Å². The summed E-state index contributed by atoms with van der Waals surface area (Å²) in [6.07, 6.45) is 2.87. The number of hydrogen-bond donors (Lipinski definition) is 1. The van der Waals surface area contributed by atoms with Gasteiger partial charge in [0.05, 0.1) is 18.2 Å². The van der Waals surface area contributed by atoms with E-state index < -0.39 is 11.9 Å². The predicted molar refractivity (Wildman–Crippen MR) is 102 cm³/mol. The Hall–Kier alpha value is -1.52. The molecule has 1 aromatic heterocycles. The number of rotatable bonds is 8. The Kier molecular flexibility index (Phi) is 6.91. The Morgan fingerprint density at radius 1 is 1.16 bits per heavy atom. The fourth-order valence-corrected chi connectivity index (χ4v) is 3.70. The molecular weight excluding hydrogens is 359 g/mol. The molecule has 1 unspecified atom stereocenters. The molecule has 6 heteroatoms. The van der Waals surface area contributed by atoms with E-state index in [0.29, 0.717) is 29.4 Å². The summed E-state index contributed by atoms with van der Waals surface area (Å²) in [5.41, 5.74) is 4.29. The van der Waals surface area contributed by atoms with Crippen molar-refractivity contribution in [2.45, 2.75) is 53.0 Å². The van der Waals surface area contributed by atoms with Crippen molar-refractivity contribution in [3.8, 4) is 0 Å². The summed E-state index contributed by atoms with van der Waals surface area (Å²) in [5.74, 6) is -1.20. The van der Waals surface area contributed by atoms with Crippen molar-refractivity contribution in [1.29, 1.82) is 0 Å². The van der Waals surface area contributed by atoms with Gasteiger partial charge in [0.15, 0.2) is 0 Å². The summed E-state index contributed by atoms with van der Waals surface area (Å²) in [5, 5.41) is 15.3. The van der Waals surface area contributed by atoms with E-state index in [1.165, 1.54) is 0 Å². The Balaban J connectivity index is 2.41. The SMILES string of the molecule is CCc1nn(CC(CC)C(=O)O)c(CC)c1Cc1cc(Cl)cc(Cl)c1. The van der Waals surface area contributed by atoms with Gasteiger partial charge in [-0.3, -0.25) is 9.48 Å². The largest absolute Gasteiger partial charge is 0.481 e. The molecule has 0 aliphatic heterocycles. The summed E-state index contributed by atoms with van der Waals surface area (Å²) >= 11 is 12.2. The quantitative estimate of drug-likeness (QED) is 0.697. The second kappa shape index (κ2) is 8.72. The molecular formula is C19H24Cl2N2O2. The number of aliphatic carboxylic acids is 1. The van der Waals surface area contributed by atoms with Crippen molar-refractivity contribution >= 4 is 29.2 Å². The van der Waals surface area contributed by atoms with Crippen molar-refractivity contribution in [3.05, 3.63) is 50.8 Å². The molecule has 1 atom stereocenters. The van der Waals surface area contributed by atoms with Gasteiger partial charge in [-0.15, -0.1) is 0 Å². The van der Waals surface area contributed by atoms with Crippen LogP contribution in [0, 0.1) is 5.92 Å². The van der Waals surface area contributed by atoms with Crippen LogP contribution in [-0.2, 0) is 30.6 Å². The molecule has 1 heterocycles. The van der Waals surface area contributed by atoms with E-state index in [0.717, 1.165) is 35.4 Å². The van der Waals surface area contributed by atoms with E-state index in [-0.39, 0.29) is 0 Å². The minimum absolute atomic E-state index is 0.401. The van der Waals surface area contributed by atoms with Gasteiger partial charge in [0.1, 0.15) is 0 Å². The highest BCUT2D eigenvalue weighted by Crippen LogP contribution is 2.25. The lowest BCUT2D eigenvalue weighted by Gasteiger charge is -2.13. The first kappa shape index (κ1) is 19.8. The fraction of sp³-hybridized carbons (Fsp3) is 0.474. The Bertz CT molecular complexity index is 736. The molecule has 0 radical (unpaired) electrons. The maximum absolute atomic E-state index is 11.4. The van der Waals surface area contributed by atoms with Gasteiger partial charge in [0.25, 0.3) is 0 Å². The highest BCUT2D eigenvalue weighted by atomic mass is 35.5. The number of halogens is 2. The van der Waals surface area contributed by atoms with Gasteiger partial charge in [0.2, 0.25) is 0 Å². The second-order valence-corrected chi connectivity index (χ2v) is 7.03. The average molecular weight is 383 g/mol. The lowest BCUT2D eigenvalue weighted by atomic mass is 10.00. The number of aryl methyl sites for hydroxylation is 1. The normalized spacial score (nSPS) is 12.4. The molecule has 0 bridgehead atoms. The summed E-state index contributed by atoms with van der Waals surface area (Å²) in [6, 6.07) is 5.54. The minimum Gasteiger partial charge on any atom is -0.481 e. The topological polar surface area (TPSA) is 55.1 Å². The Morgan fingerprint density at radius 3 is 2.28 bits per heavy atom. The van der Waals surface area contributed by atoms with Crippen molar-refractivity contribution in [1.82, 2.24) is 9.78 Å². The maximum Gasteiger partial charge on any atom is 0.308 e. The molecule has 0 aliphatic carbocycles. The number of carbonyl (C=O) groups is 1. The van der Waals surface area contributed by atoms with Gasteiger partial charge in [-0.1, -0.05) is 44.0 Å². The summed E-state index contributed by atoms with van der Waals surface area (Å²) in [4.78, 5) is 11.4. The first-order valence-electron chi connectivity index (χ1n) is 8.64. The lowest BCUT2D eigenvalue weighted by molar-refractivity contribution is -0.142. The van der Waals surface area contributed by atoms with Crippen LogP contribution in [0.4, 0.5) is 0 Å². The molecule has 1 N–H and O–H groups in total. The molecule has 25 heavy (non-hydrogen) atoms. The second-order valence-electron chi connectivity index (χ2n) is 6.16. The first-order valence-corrected chi connectivity index (χ1v) is 9.40. The number of carboxylic acids is 1. The Morgan fingerprint density at radius 2 is 1.80 bits per heavy atom. The maximum atomic E-state index is 11.4. The number of benzene rings is 1. The molecule has 0 fully saturated rings. The van der Waals surface area contributed by atoms with E-state index in [1.54, 1.807) is 6.07 Å². The van der Waals surface area contributed by atoms with Crippen LogP contribution in [0.5, 0.6) is 0 Å². The molecule has 2 rings (SSSR count). The van der Waals surface area contributed by atoms with E-state index in [9.17, 15) is 9.90 Å². The third-order valence-corrected chi connectivity index (χ3v) is 4.89. The number of carboxylic acid groups (broad SMARTS) is 1. The van der Waals surface area contributed by atoms with Gasteiger partial charge in [-0.05, 0) is 43.0 Å². The summed E-state index contributed by atoms with van der Waals surface area (Å²) in [6.45, 7) is 6.43. The molecule has 1 aromatic carbocycles. The molecule has 0 saturated carbocycles. The van der Waals surface area contributed by atoms with Crippen molar-refractivity contribution < 1.29 is 9.90 Å². The lowest BCUT2D eigenvalue weighted by Crippen LogP contribution is -2.21. The van der Waals surface area contributed by atoms with Crippen LogP contribution >= 0.6 is 23.2 Å². The fourth-order valence-electron chi connectivity index (χ4n) is 3.13. The van der Waals surface area contributed by atoms with E-state index >= 15 is 0 Å². The zero-order valence-electron chi connectivity index (χ0n) is 14.9. The first-order chi connectivity index (χ1) is 11.9. The number of hydrogen-bond acceptors (Lipinski definition) is 2. The third-order valence-electron chi connectivity index (χ3n) is 4.46. The predicted octanol–water partition coefficient (Wildman–Crippen LogP) is 5.02. The Labute approximate surface area is 158 Å². The highest BCUT2D eigenvalue weighted by molar-refractivity contribution is 6.34. The molecule has 2 aromatic rings. The van der Waals surface area contributed by atoms with Crippen LogP contribution in [0.2, 0.25) is 10.0 Å². The highest BCUT2D eigenvalue weighted by Gasteiger charge is 2.21. The van der Waals surface area contributed by atoms with E-state index in [4.69, 9.17) is 28.3 Å². The van der Waals surface area contributed by atoms with Crippen LogP contribution in [0.1, 0.15) is 49.7 Å². The van der Waals surface area contributed by atoms with Crippen LogP contribution in [-0.4, -0.2) is 20.9 Å². The van der Waals surface area contributed by atoms with E-state index in [1.807, 2.05) is 23.7 Å². The van der Waals surface area contributed by atoms with Crippen molar-refractivity contribution in [2.24, 2.45) is 5.92 Å².